The summed E-state index contributed by atoms with van der Waals surface area (Å²) in [4.78, 5) is 20.6. The summed E-state index contributed by atoms with van der Waals surface area (Å²) in [5.74, 6) is -0.105. The summed E-state index contributed by atoms with van der Waals surface area (Å²) in [7, 11) is 1.48. The number of nitrogens with zero attached hydrogens (tertiary/aromatic N) is 5. The first kappa shape index (κ1) is 34.6. The highest BCUT2D eigenvalue weighted by Gasteiger charge is 2.31. The topological polar surface area (TPSA) is 121 Å². The maximum atomic E-state index is 12.4. The fraction of sp³-hybridized carbons (Fsp3) is 0.207. The minimum Gasteiger partial charge on any atom is -0.497 e. The Bertz CT molecular complexity index is 1660. The Morgan fingerprint density at radius 2 is 1.76 bits per heavy atom. The molecule has 0 unspecified atom stereocenters. The Balaban J connectivity index is 1.43. The number of amidine groups is 1. The molecular formula is C29H25Cl2F3N6O5S. The molecule has 1 heterocycles. The van der Waals surface area contributed by atoms with Crippen molar-refractivity contribution in [3.05, 3.63) is 82.6 Å². The normalized spacial score (nSPS) is 11.9. The second-order valence-corrected chi connectivity index (χ2v) is 10.5. The van der Waals surface area contributed by atoms with Crippen molar-refractivity contribution in [1.82, 2.24) is 20.2 Å². The fourth-order valence-electron chi connectivity index (χ4n) is 3.54. The van der Waals surface area contributed by atoms with Crippen LogP contribution in [0.4, 0.5) is 18.9 Å². The molecule has 1 N–H and O–H groups in total. The zero-order valence-corrected chi connectivity index (χ0v) is 26.5. The molecule has 242 valence electrons. The van der Waals surface area contributed by atoms with Gasteiger partial charge in [0.25, 0.3) is 0 Å². The Labute approximate surface area is 275 Å². The third-order valence-corrected chi connectivity index (χ3v) is 6.92. The molecule has 0 saturated carbocycles. The van der Waals surface area contributed by atoms with Gasteiger partial charge in [-0.05, 0) is 48.5 Å². The number of ether oxygens (including phenoxy) is 4. The highest BCUT2D eigenvalue weighted by molar-refractivity contribution is 8.13. The van der Waals surface area contributed by atoms with Gasteiger partial charge in [0.2, 0.25) is 0 Å². The monoisotopic (exact) mass is 696 g/mol. The smallest absolute Gasteiger partial charge is 0.497 e. The van der Waals surface area contributed by atoms with Crippen molar-refractivity contribution in [3.63, 3.8) is 0 Å². The number of hydrogen-bond donors (Lipinski definition) is 1. The van der Waals surface area contributed by atoms with Gasteiger partial charge in [0.1, 0.15) is 36.1 Å². The largest absolute Gasteiger partial charge is 0.573 e. The summed E-state index contributed by atoms with van der Waals surface area (Å²) >= 11 is 13.8. The number of nitrogens with one attached hydrogen (secondary N) is 1. The molecule has 1 aromatic heterocycles. The third-order valence-electron chi connectivity index (χ3n) is 5.65. The van der Waals surface area contributed by atoms with Crippen LogP contribution in [-0.2, 0) is 14.3 Å². The molecule has 46 heavy (non-hydrogen) atoms. The molecule has 4 aromatic rings. The van der Waals surface area contributed by atoms with Gasteiger partial charge in [-0.15, -0.1) is 18.3 Å². The van der Waals surface area contributed by atoms with Crippen molar-refractivity contribution in [2.75, 3.05) is 26.3 Å². The number of aromatic nitrogens is 3. The first-order chi connectivity index (χ1) is 22.0. The van der Waals surface area contributed by atoms with Crippen LogP contribution in [0, 0.1) is 0 Å². The van der Waals surface area contributed by atoms with Gasteiger partial charge in [0.05, 0.1) is 29.1 Å². The average molecular weight is 698 g/mol. The van der Waals surface area contributed by atoms with Crippen LogP contribution in [0.3, 0.4) is 0 Å². The van der Waals surface area contributed by atoms with E-state index in [1.165, 1.54) is 48.6 Å². The second kappa shape index (κ2) is 16.3. The van der Waals surface area contributed by atoms with Gasteiger partial charge >= 0.3 is 12.3 Å². The number of alkyl halides is 3. The van der Waals surface area contributed by atoms with Crippen LogP contribution in [-0.4, -0.2) is 64.7 Å². The number of carbonyl (C=O) groups excluding carboxylic acids is 1. The summed E-state index contributed by atoms with van der Waals surface area (Å²) in [5, 5.41) is 9.34. The van der Waals surface area contributed by atoms with Crippen molar-refractivity contribution in [3.8, 4) is 28.6 Å². The maximum absolute atomic E-state index is 12.4. The number of esters is 1. The van der Waals surface area contributed by atoms with E-state index >= 15 is 0 Å². The molecule has 0 spiro atoms. The second-order valence-electron chi connectivity index (χ2n) is 8.82. The van der Waals surface area contributed by atoms with E-state index in [0.29, 0.717) is 35.0 Å². The lowest BCUT2D eigenvalue weighted by molar-refractivity contribution is -0.274. The Morgan fingerprint density at radius 1 is 1.07 bits per heavy atom. The van der Waals surface area contributed by atoms with Gasteiger partial charge in [-0.2, -0.15) is 5.10 Å². The van der Waals surface area contributed by atoms with Gasteiger partial charge in [0, 0.05) is 24.3 Å². The van der Waals surface area contributed by atoms with Crippen LogP contribution < -0.4 is 14.9 Å². The molecule has 0 fully saturated rings. The van der Waals surface area contributed by atoms with Gasteiger partial charge in [-0.25, -0.2) is 19.5 Å². The van der Waals surface area contributed by atoms with E-state index < -0.39 is 12.3 Å². The van der Waals surface area contributed by atoms with Gasteiger partial charge < -0.3 is 18.9 Å². The molecule has 4 rings (SSSR count). The molecule has 0 atom stereocenters. The zero-order valence-electron chi connectivity index (χ0n) is 24.1. The summed E-state index contributed by atoms with van der Waals surface area (Å²) in [6.45, 7) is 1.97. The number of hydrazone groups is 1. The van der Waals surface area contributed by atoms with E-state index in [9.17, 15) is 18.0 Å². The van der Waals surface area contributed by atoms with Crippen molar-refractivity contribution in [1.29, 1.82) is 0 Å². The van der Waals surface area contributed by atoms with Crippen molar-refractivity contribution in [2.24, 2.45) is 10.1 Å². The minimum atomic E-state index is -4.77. The molecule has 0 aliphatic rings. The molecular weight excluding hydrogens is 672 g/mol. The zero-order chi connectivity index (χ0) is 33.1. The number of aliphatic imine (C=N–C) groups is 1. The predicted molar refractivity (Wildman–Crippen MR) is 169 cm³/mol. The minimum absolute atomic E-state index is 0.0848. The SMILES string of the molecule is CCOCC(=O)OCSC(=Nc1c(Cl)cc(OC)cc1Cl)N/N=C\c1ccc(-c2ncn(-c3ccc(OC(F)(F)F)cc3)n2)cc1. The molecule has 17 heteroatoms. The lowest BCUT2D eigenvalue weighted by atomic mass is 10.1. The predicted octanol–water partition coefficient (Wildman–Crippen LogP) is 7.03. The van der Waals surface area contributed by atoms with Crippen LogP contribution in [0.15, 0.2) is 77.1 Å². The highest BCUT2D eigenvalue weighted by Crippen LogP contribution is 2.37. The van der Waals surface area contributed by atoms with Crippen molar-refractivity contribution in [2.45, 2.75) is 13.3 Å². The molecule has 11 nitrogen and oxygen atoms in total. The maximum Gasteiger partial charge on any atom is 0.573 e. The number of methoxy groups -OCH3 is 1. The summed E-state index contributed by atoms with van der Waals surface area (Å²) in [6, 6.07) is 15.5. The standard InChI is InChI=1S/C29H25Cl2F3N6O5S/c1-3-43-15-25(41)44-17-46-28(37-26-23(30)12-22(42-2)13-24(26)31)38-36-14-18-4-6-19(7-5-18)27-35-16-40(39-27)20-8-10-21(11-9-20)45-29(32,33)34/h4-14,16H,3,15,17H2,1-2H3,(H,37,38)/b36-14-. The number of carbonyl (C=O) groups is 1. The Kier molecular flexibility index (Phi) is 12.3. The van der Waals surface area contributed by atoms with Gasteiger partial charge in [0.15, 0.2) is 11.0 Å². The van der Waals surface area contributed by atoms with Gasteiger partial charge in [-0.3, -0.25) is 5.43 Å². The summed E-state index contributed by atoms with van der Waals surface area (Å²) in [6.07, 6.45) is -1.79. The number of halogens is 5. The van der Waals surface area contributed by atoms with E-state index in [0.717, 1.165) is 11.8 Å². The van der Waals surface area contributed by atoms with Crippen LogP contribution in [0.5, 0.6) is 11.5 Å². The molecule has 3 aromatic carbocycles. The van der Waals surface area contributed by atoms with Crippen LogP contribution in [0.25, 0.3) is 17.1 Å². The highest BCUT2D eigenvalue weighted by atomic mass is 35.5. The summed E-state index contributed by atoms with van der Waals surface area (Å²) in [5.41, 5.74) is 4.98. The molecule has 0 amide bonds. The summed E-state index contributed by atoms with van der Waals surface area (Å²) < 4.78 is 58.0. The molecule has 0 saturated heterocycles. The Morgan fingerprint density at radius 3 is 2.39 bits per heavy atom. The Hall–Kier alpha value is -4.31. The van der Waals surface area contributed by atoms with Crippen LogP contribution >= 0.6 is 35.0 Å². The number of hydrogen-bond acceptors (Lipinski definition) is 10. The van der Waals surface area contributed by atoms with E-state index in [1.54, 1.807) is 43.3 Å². The number of rotatable bonds is 12. The molecule has 0 radical (unpaired) electrons. The third kappa shape index (κ3) is 10.4. The van der Waals surface area contributed by atoms with Crippen LogP contribution in [0.1, 0.15) is 12.5 Å². The number of benzene rings is 3. The van der Waals surface area contributed by atoms with E-state index in [2.05, 4.69) is 30.3 Å². The molecule has 0 aliphatic heterocycles. The first-order valence-electron chi connectivity index (χ1n) is 13.2. The van der Waals surface area contributed by atoms with Gasteiger partial charge in [-0.1, -0.05) is 47.5 Å². The average Bonchev–Trinajstić information content (AvgIpc) is 3.51. The quantitative estimate of drug-likeness (QED) is 0.0547. The lowest BCUT2D eigenvalue weighted by Crippen LogP contribution is -2.17. The lowest BCUT2D eigenvalue weighted by Gasteiger charge is -2.10. The van der Waals surface area contributed by atoms with Crippen LogP contribution in [0.2, 0.25) is 10.0 Å². The van der Waals surface area contributed by atoms with E-state index in [1.807, 2.05) is 0 Å². The van der Waals surface area contributed by atoms with Crippen molar-refractivity contribution < 1.29 is 36.9 Å². The van der Waals surface area contributed by atoms with Crippen molar-refractivity contribution >= 4 is 58.0 Å². The van der Waals surface area contributed by atoms with E-state index in [-0.39, 0.29) is 39.2 Å². The number of thioether (sulfide) groups is 1. The molecule has 0 aliphatic carbocycles. The molecule has 0 bridgehead atoms. The first-order valence-corrected chi connectivity index (χ1v) is 14.9. The van der Waals surface area contributed by atoms with E-state index in [4.69, 9.17) is 37.4 Å². The fourth-order valence-corrected chi connectivity index (χ4v) is 4.66.